The van der Waals surface area contributed by atoms with E-state index in [1.807, 2.05) is 24.3 Å². The van der Waals surface area contributed by atoms with Gasteiger partial charge in [0.2, 0.25) is 0 Å². The average molecular weight is 353 g/mol. The predicted molar refractivity (Wildman–Crippen MR) is 111 cm³/mol. The van der Waals surface area contributed by atoms with Crippen LogP contribution in [-0.4, -0.2) is 10.2 Å². The van der Waals surface area contributed by atoms with Crippen LogP contribution < -0.4 is 0 Å². The van der Waals surface area contributed by atoms with E-state index < -0.39 is 0 Å². The summed E-state index contributed by atoms with van der Waals surface area (Å²) in [6.07, 6.45) is 10.5. The van der Waals surface area contributed by atoms with Crippen LogP contribution in [0.5, 0.6) is 0 Å². The van der Waals surface area contributed by atoms with E-state index in [1.165, 1.54) is 36.8 Å². The number of hydrogen-bond acceptors (Lipinski definition) is 2. The first kappa shape index (κ1) is 20.4. The number of benzene rings is 2. The van der Waals surface area contributed by atoms with Crippen LogP contribution >= 0.6 is 0 Å². The van der Waals surface area contributed by atoms with Crippen molar-refractivity contribution in [1.29, 1.82) is 0 Å². The first-order valence-electron chi connectivity index (χ1n) is 9.72. The fourth-order valence-corrected chi connectivity index (χ4v) is 3.17. The molecule has 0 bridgehead atoms. The van der Waals surface area contributed by atoms with Crippen molar-refractivity contribution in [2.45, 2.75) is 59.2 Å². The highest BCUT2D eigenvalue weighted by atomic mass is 16.3. The fourth-order valence-electron chi connectivity index (χ4n) is 3.17. The number of rotatable bonds is 10. The Kier molecular flexibility index (Phi) is 8.60. The largest absolute Gasteiger partial charge is 0.392 e. The number of aryl methyl sites for hydroxylation is 1. The standard InChI is InChI=1S/C24H32O2/c1-19(2)7-4-3-5-8-20-9-6-10-21(13-20)11-12-22-14-23(17-25)16-24(15-22)18-26/h6,9-16,19,25-26H,3-5,7-8,17-18H2,1-2H3. The molecule has 0 unspecified atom stereocenters. The molecule has 0 radical (unpaired) electrons. The van der Waals surface area contributed by atoms with Crippen LogP contribution in [0.2, 0.25) is 0 Å². The van der Waals surface area contributed by atoms with Crippen LogP contribution in [0, 0.1) is 5.92 Å². The van der Waals surface area contributed by atoms with E-state index >= 15 is 0 Å². The molecule has 0 saturated carbocycles. The minimum Gasteiger partial charge on any atom is -0.392 e. The van der Waals surface area contributed by atoms with Gasteiger partial charge >= 0.3 is 0 Å². The molecule has 26 heavy (non-hydrogen) atoms. The Morgan fingerprint density at radius 1 is 0.769 bits per heavy atom. The monoisotopic (exact) mass is 352 g/mol. The zero-order chi connectivity index (χ0) is 18.8. The molecule has 2 nitrogen and oxygen atoms in total. The molecule has 0 heterocycles. The number of aliphatic hydroxyl groups excluding tert-OH is 2. The summed E-state index contributed by atoms with van der Waals surface area (Å²) in [5.41, 5.74) is 5.22. The Bertz CT molecular complexity index is 679. The van der Waals surface area contributed by atoms with E-state index in [2.05, 4.69) is 44.2 Å². The fraction of sp³-hybridized carbons (Fsp3) is 0.417. The van der Waals surface area contributed by atoms with Crippen molar-refractivity contribution in [1.82, 2.24) is 0 Å². The molecule has 0 aliphatic carbocycles. The van der Waals surface area contributed by atoms with Gasteiger partial charge in [-0.05, 0) is 58.7 Å². The zero-order valence-electron chi connectivity index (χ0n) is 16.1. The van der Waals surface area contributed by atoms with Gasteiger partial charge in [0.15, 0.2) is 0 Å². The Morgan fingerprint density at radius 3 is 2.08 bits per heavy atom. The van der Waals surface area contributed by atoms with Crippen molar-refractivity contribution < 1.29 is 10.2 Å². The topological polar surface area (TPSA) is 40.5 Å². The maximum Gasteiger partial charge on any atom is 0.0682 e. The van der Waals surface area contributed by atoms with E-state index in [0.717, 1.165) is 29.0 Å². The molecular formula is C24H32O2. The average Bonchev–Trinajstić information content (AvgIpc) is 2.66. The third kappa shape index (κ3) is 7.15. The summed E-state index contributed by atoms with van der Waals surface area (Å²) in [6, 6.07) is 14.4. The molecule has 2 aromatic rings. The van der Waals surface area contributed by atoms with Crippen LogP contribution in [0.15, 0.2) is 42.5 Å². The smallest absolute Gasteiger partial charge is 0.0682 e. The molecule has 0 amide bonds. The van der Waals surface area contributed by atoms with Crippen molar-refractivity contribution >= 4 is 12.2 Å². The lowest BCUT2D eigenvalue weighted by molar-refractivity contribution is 0.275. The molecule has 2 N–H and O–H groups in total. The minimum atomic E-state index is -0.0129. The molecule has 0 aromatic heterocycles. The van der Waals surface area contributed by atoms with Crippen molar-refractivity contribution in [2.24, 2.45) is 5.92 Å². The molecule has 2 heteroatoms. The molecule has 0 aliphatic heterocycles. The van der Waals surface area contributed by atoms with Gasteiger partial charge in [-0.25, -0.2) is 0 Å². The molecule has 2 rings (SSSR count). The summed E-state index contributed by atoms with van der Waals surface area (Å²) in [4.78, 5) is 0. The van der Waals surface area contributed by atoms with Crippen LogP contribution in [0.4, 0.5) is 0 Å². The van der Waals surface area contributed by atoms with Crippen LogP contribution in [-0.2, 0) is 19.6 Å². The van der Waals surface area contributed by atoms with E-state index in [1.54, 1.807) is 0 Å². The van der Waals surface area contributed by atoms with E-state index in [0.29, 0.717) is 0 Å². The third-order valence-electron chi connectivity index (χ3n) is 4.61. The van der Waals surface area contributed by atoms with Crippen molar-refractivity contribution in [2.75, 3.05) is 0 Å². The Balaban J connectivity index is 1.96. The lowest BCUT2D eigenvalue weighted by atomic mass is 10.0. The van der Waals surface area contributed by atoms with Gasteiger partial charge in [-0.2, -0.15) is 0 Å². The van der Waals surface area contributed by atoms with E-state index in [4.69, 9.17) is 0 Å². The van der Waals surface area contributed by atoms with Gasteiger partial charge in [-0.3, -0.25) is 0 Å². The van der Waals surface area contributed by atoms with Gasteiger partial charge in [0, 0.05) is 0 Å². The first-order valence-corrected chi connectivity index (χ1v) is 9.72. The Morgan fingerprint density at radius 2 is 1.42 bits per heavy atom. The Hall–Kier alpha value is -1.90. The van der Waals surface area contributed by atoms with Gasteiger partial charge in [0.25, 0.3) is 0 Å². The third-order valence-corrected chi connectivity index (χ3v) is 4.61. The number of hydrogen-bond donors (Lipinski definition) is 2. The van der Waals surface area contributed by atoms with Gasteiger partial charge < -0.3 is 10.2 Å². The first-order chi connectivity index (χ1) is 12.6. The predicted octanol–water partition coefficient (Wildman–Crippen LogP) is 5.60. The van der Waals surface area contributed by atoms with Gasteiger partial charge in [0.1, 0.15) is 0 Å². The quantitative estimate of drug-likeness (QED) is 0.431. The Labute approximate surface area is 158 Å². The normalized spacial score (nSPS) is 11.6. The summed E-state index contributed by atoms with van der Waals surface area (Å²) < 4.78 is 0. The summed E-state index contributed by atoms with van der Waals surface area (Å²) in [7, 11) is 0. The maximum atomic E-state index is 9.35. The zero-order valence-corrected chi connectivity index (χ0v) is 16.1. The maximum absolute atomic E-state index is 9.35. The van der Waals surface area contributed by atoms with E-state index in [9.17, 15) is 10.2 Å². The van der Waals surface area contributed by atoms with Crippen LogP contribution in [0.25, 0.3) is 12.2 Å². The molecule has 0 atom stereocenters. The number of unbranched alkanes of at least 4 members (excludes halogenated alkanes) is 2. The lowest BCUT2D eigenvalue weighted by Crippen LogP contribution is -1.91. The molecule has 0 saturated heterocycles. The molecule has 0 aliphatic rings. The van der Waals surface area contributed by atoms with Gasteiger partial charge in [0.05, 0.1) is 13.2 Å². The summed E-state index contributed by atoms with van der Waals surface area (Å²) in [6.45, 7) is 4.55. The highest BCUT2D eigenvalue weighted by Crippen LogP contribution is 2.16. The molecular weight excluding hydrogens is 320 g/mol. The van der Waals surface area contributed by atoms with Crippen molar-refractivity contribution in [3.63, 3.8) is 0 Å². The molecule has 0 fully saturated rings. The molecule has 2 aromatic carbocycles. The van der Waals surface area contributed by atoms with Crippen LogP contribution in [0.3, 0.4) is 0 Å². The second-order valence-electron chi connectivity index (χ2n) is 7.47. The van der Waals surface area contributed by atoms with Gasteiger partial charge in [-0.15, -0.1) is 0 Å². The van der Waals surface area contributed by atoms with E-state index in [-0.39, 0.29) is 13.2 Å². The van der Waals surface area contributed by atoms with Crippen molar-refractivity contribution in [3.8, 4) is 0 Å². The highest BCUT2D eigenvalue weighted by molar-refractivity contribution is 5.70. The second-order valence-corrected chi connectivity index (χ2v) is 7.47. The second kappa shape index (κ2) is 10.9. The van der Waals surface area contributed by atoms with Crippen LogP contribution in [0.1, 0.15) is 67.3 Å². The summed E-state index contributed by atoms with van der Waals surface area (Å²) in [5.74, 6) is 0.805. The summed E-state index contributed by atoms with van der Waals surface area (Å²) in [5, 5.41) is 18.7. The van der Waals surface area contributed by atoms with Crippen molar-refractivity contribution in [3.05, 3.63) is 70.3 Å². The molecule has 0 spiro atoms. The lowest BCUT2D eigenvalue weighted by Gasteiger charge is -2.06. The highest BCUT2D eigenvalue weighted by Gasteiger charge is 2.00. The summed E-state index contributed by atoms with van der Waals surface area (Å²) >= 11 is 0. The minimum absolute atomic E-state index is 0.0129. The molecule has 140 valence electrons. The number of aliphatic hydroxyl groups is 2. The van der Waals surface area contributed by atoms with Gasteiger partial charge in [-0.1, -0.05) is 75.6 Å². The SMILES string of the molecule is CC(C)CCCCCc1cccc(C=Cc2cc(CO)cc(CO)c2)c1.